The van der Waals surface area contributed by atoms with E-state index in [1.54, 1.807) is 37.6 Å². The van der Waals surface area contributed by atoms with Gasteiger partial charge in [-0.25, -0.2) is 4.99 Å². The minimum atomic E-state index is -0.259. The van der Waals surface area contributed by atoms with E-state index in [2.05, 4.69) is 20.6 Å². The minimum Gasteiger partial charge on any atom is -0.495 e. The van der Waals surface area contributed by atoms with Gasteiger partial charge < -0.3 is 10.1 Å². The molecule has 6 nitrogen and oxygen atoms in total. The minimum absolute atomic E-state index is 0.259. The highest BCUT2D eigenvalue weighted by molar-refractivity contribution is 6.32. The molecule has 0 saturated heterocycles. The Morgan fingerprint density at radius 3 is 2.60 bits per heavy atom. The Bertz CT molecular complexity index is 1070. The lowest BCUT2D eigenvalue weighted by Gasteiger charge is -2.13. The van der Waals surface area contributed by atoms with Crippen LogP contribution in [-0.4, -0.2) is 24.0 Å². The highest BCUT2D eigenvalue weighted by Gasteiger charge is 2.11. The first-order valence-electron chi connectivity index (χ1n) is 9.40. The van der Waals surface area contributed by atoms with Crippen LogP contribution in [0.3, 0.4) is 0 Å². The molecule has 0 unspecified atom stereocenters. The smallest absolute Gasteiger partial charge is 0.257 e. The summed E-state index contributed by atoms with van der Waals surface area (Å²) in [6, 6.07) is 16.4. The number of rotatable bonds is 5. The van der Waals surface area contributed by atoms with E-state index >= 15 is 0 Å². The highest BCUT2D eigenvalue weighted by Crippen LogP contribution is 2.27. The van der Waals surface area contributed by atoms with E-state index in [9.17, 15) is 4.79 Å². The summed E-state index contributed by atoms with van der Waals surface area (Å²) in [5.41, 5.74) is 4.18. The number of aliphatic imine (C=N–C) groups is 1. The van der Waals surface area contributed by atoms with E-state index in [1.165, 1.54) is 0 Å². The van der Waals surface area contributed by atoms with Crippen LogP contribution in [0, 0.1) is 13.8 Å². The summed E-state index contributed by atoms with van der Waals surface area (Å²) in [4.78, 5) is 21.6. The van der Waals surface area contributed by atoms with Crippen molar-refractivity contribution in [1.29, 1.82) is 0 Å². The number of benzene rings is 2. The molecule has 0 aliphatic rings. The van der Waals surface area contributed by atoms with Crippen LogP contribution in [-0.2, 0) is 6.54 Å². The van der Waals surface area contributed by atoms with E-state index in [1.807, 2.05) is 44.2 Å². The molecule has 0 aliphatic carbocycles. The van der Waals surface area contributed by atoms with Crippen LogP contribution < -0.4 is 15.4 Å². The normalized spacial score (nSPS) is 11.1. The molecule has 2 aromatic carbocycles. The third-order valence-electron chi connectivity index (χ3n) is 4.54. The second-order valence-corrected chi connectivity index (χ2v) is 7.12. The van der Waals surface area contributed by atoms with Gasteiger partial charge in [0.2, 0.25) is 5.96 Å². The van der Waals surface area contributed by atoms with Gasteiger partial charge in [0.15, 0.2) is 0 Å². The number of amides is 1. The van der Waals surface area contributed by atoms with Crippen LogP contribution in [0.25, 0.3) is 0 Å². The van der Waals surface area contributed by atoms with Crippen molar-refractivity contribution in [2.75, 3.05) is 12.4 Å². The molecular formula is C23H23ClN4O2. The van der Waals surface area contributed by atoms with Crippen LogP contribution in [0.2, 0.25) is 5.02 Å². The van der Waals surface area contributed by atoms with Gasteiger partial charge >= 0.3 is 0 Å². The first-order valence-corrected chi connectivity index (χ1v) is 9.77. The Hall–Kier alpha value is -3.38. The first kappa shape index (κ1) is 21.3. The quantitative estimate of drug-likeness (QED) is 0.459. The first-order chi connectivity index (χ1) is 14.5. The number of carbonyl (C=O) groups excluding carboxylic acids is 1. The van der Waals surface area contributed by atoms with Gasteiger partial charge in [-0.2, -0.15) is 0 Å². The molecule has 1 aromatic heterocycles. The molecule has 0 aliphatic heterocycles. The molecule has 1 heterocycles. The predicted octanol–water partition coefficient (Wildman–Crippen LogP) is 4.76. The zero-order valence-corrected chi connectivity index (χ0v) is 17.8. The molecule has 1 amide bonds. The van der Waals surface area contributed by atoms with Gasteiger partial charge in [-0.1, -0.05) is 23.7 Å². The summed E-state index contributed by atoms with van der Waals surface area (Å²) >= 11 is 6.22. The van der Waals surface area contributed by atoms with Gasteiger partial charge in [-0.05, 0) is 67.4 Å². The van der Waals surface area contributed by atoms with Crippen LogP contribution in [0.1, 0.15) is 27.2 Å². The Kier molecular flexibility index (Phi) is 7.03. The molecule has 0 radical (unpaired) electrons. The van der Waals surface area contributed by atoms with Crippen molar-refractivity contribution in [2.45, 2.75) is 20.4 Å². The maximum atomic E-state index is 12.8. The zero-order valence-electron chi connectivity index (χ0n) is 17.1. The number of halogens is 1. The van der Waals surface area contributed by atoms with Gasteiger partial charge in [0.1, 0.15) is 5.75 Å². The average Bonchev–Trinajstić information content (AvgIpc) is 2.75. The Balaban J connectivity index is 1.83. The lowest BCUT2D eigenvalue weighted by molar-refractivity contribution is 0.0977. The van der Waals surface area contributed by atoms with Gasteiger partial charge in [0.25, 0.3) is 5.91 Å². The van der Waals surface area contributed by atoms with Crippen LogP contribution in [0.5, 0.6) is 5.75 Å². The maximum absolute atomic E-state index is 12.8. The van der Waals surface area contributed by atoms with E-state index < -0.39 is 0 Å². The molecule has 30 heavy (non-hydrogen) atoms. The highest BCUT2D eigenvalue weighted by atomic mass is 35.5. The van der Waals surface area contributed by atoms with E-state index in [4.69, 9.17) is 16.3 Å². The fourth-order valence-corrected chi connectivity index (χ4v) is 2.96. The number of pyridine rings is 1. The molecule has 0 spiro atoms. The van der Waals surface area contributed by atoms with Gasteiger partial charge in [-0.3, -0.25) is 15.1 Å². The van der Waals surface area contributed by atoms with Crippen molar-refractivity contribution < 1.29 is 9.53 Å². The molecule has 0 saturated carbocycles. The van der Waals surface area contributed by atoms with E-state index in [0.717, 1.165) is 16.8 Å². The van der Waals surface area contributed by atoms with Gasteiger partial charge in [-0.15, -0.1) is 0 Å². The number of aryl methyl sites for hydroxylation is 2. The van der Waals surface area contributed by atoms with Crippen LogP contribution in [0.15, 0.2) is 65.8 Å². The molecule has 0 bridgehead atoms. The molecular weight excluding hydrogens is 400 g/mol. The fraction of sp³-hybridized carbons (Fsp3) is 0.174. The number of nitrogens with one attached hydrogen (secondary N) is 2. The zero-order chi connectivity index (χ0) is 21.5. The van der Waals surface area contributed by atoms with E-state index in [0.29, 0.717) is 34.5 Å². The number of nitrogens with zero attached hydrogens (tertiary/aromatic N) is 2. The van der Waals surface area contributed by atoms with E-state index in [-0.39, 0.29) is 5.91 Å². The molecule has 0 atom stereocenters. The summed E-state index contributed by atoms with van der Waals surface area (Å²) < 4.78 is 5.19. The third-order valence-corrected chi connectivity index (χ3v) is 4.84. The number of methoxy groups -OCH3 is 1. The number of carbonyl (C=O) groups is 1. The maximum Gasteiger partial charge on any atom is 0.257 e. The predicted molar refractivity (Wildman–Crippen MR) is 120 cm³/mol. The summed E-state index contributed by atoms with van der Waals surface area (Å²) in [6.07, 6.45) is 1.70. The number of hydrogen-bond acceptors (Lipinski definition) is 4. The summed E-state index contributed by atoms with van der Waals surface area (Å²) in [7, 11) is 1.55. The number of guanidine groups is 1. The molecule has 2 N–H and O–H groups in total. The molecule has 154 valence electrons. The Morgan fingerprint density at radius 2 is 1.93 bits per heavy atom. The fourth-order valence-electron chi connectivity index (χ4n) is 2.71. The van der Waals surface area contributed by atoms with Crippen molar-refractivity contribution in [3.05, 3.63) is 88.2 Å². The topological polar surface area (TPSA) is 75.6 Å². The monoisotopic (exact) mass is 422 g/mol. The standard InChI is InChI=1S/C23H23ClN4O2/c1-15-7-8-17(12-16(15)2)22(29)28-23(26-14-19-6-4-5-11-25-19)27-18-9-10-21(30-3)20(24)13-18/h4-13H,14H2,1-3H3,(H2,26,27,28,29). The Morgan fingerprint density at radius 1 is 1.10 bits per heavy atom. The molecule has 3 aromatic rings. The van der Waals surface area contributed by atoms with Crippen molar-refractivity contribution in [1.82, 2.24) is 10.3 Å². The van der Waals surface area contributed by atoms with Crippen LogP contribution >= 0.6 is 11.6 Å². The lowest BCUT2D eigenvalue weighted by Crippen LogP contribution is -2.36. The SMILES string of the molecule is COc1ccc(NC(=NCc2ccccn2)NC(=O)c2ccc(C)c(C)c2)cc1Cl. The number of anilines is 1. The number of hydrogen-bond donors (Lipinski definition) is 2. The number of ether oxygens (including phenoxy) is 1. The largest absolute Gasteiger partial charge is 0.495 e. The summed E-state index contributed by atoms with van der Waals surface area (Å²) in [6.45, 7) is 4.28. The molecule has 0 fully saturated rings. The third kappa shape index (κ3) is 5.58. The van der Waals surface area contributed by atoms with Crippen molar-refractivity contribution in [3.63, 3.8) is 0 Å². The lowest BCUT2D eigenvalue weighted by atomic mass is 10.1. The van der Waals surface area contributed by atoms with Crippen molar-refractivity contribution >= 4 is 29.2 Å². The van der Waals surface area contributed by atoms with Crippen LogP contribution in [0.4, 0.5) is 5.69 Å². The summed E-state index contributed by atoms with van der Waals surface area (Å²) in [5, 5.41) is 6.41. The van der Waals surface area contributed by atoms with Gasteiger partial charge in [0.05, 0.1) is 24.4 Å². The molecule has 7 heteroatoms. The van der Waals surface area contributed by atoms with Gasteiger partial charge in [0, 0.05) is 17.4 Å². The molecule has 3 rings (SSSR count). The number of aromatic nitrogens is 1. The Labute approximate surface area is 181 Å². The summed E-state index contributed by atoms with van der Waals surface area (Å²) in [5.74, 6) is 0.600. The second-order valence-electron chi connectivity index (χ2n) is 6.71. The van der Waals surface area contributed by atoms with Crippen molar-refractivity contribution in [3.8, 4) is 5.75 Å². The average molecular weight is 423 g/mol. The van der Waals surface area contributed by atoms with Crippen molar-refractivity contribution in [2.24, 2.45) is 4.99 Å². The second kappa shape index (κ2) is 9.89.